The van der Waals surface area contributed by atoms with Gasteiger partial charge < -0.3 is 15.6 Å². The minimum absolute atomic E-state index is 0.249. The highest BCUT2D eigenvalue weighted by atomic mass is 127. The van der Waals surface area contributed by atoms with Crippen LogP contribution in [0, 0.1) is 9.52 Å². The molecule has 0 aliphatic rings. The zero-order valence-corrected chi connectivity index (χ0v) is 17.9. The summed E-state index contributed by atoms with van der Waals surface area (Å²) in [5.41, 5.74) is 7.35. The van der Waals surface area contributed by atoms with Crippen LogP contribution in [0.25, 0.3) is 22.0 Å². The van der Waals surface area contributed by atoms with Gasteiger partial charge in [0, 0.05) is 18.8 Å². The Kier molecular flexibility index (Phi) is 5.58. The van der Waals surface area contributed by atoms with E-state index in [1.54, 1.807) is 11.5 Å². The van der Waals surface area contributed by atoms with Gasteiger partial charge in [-0.3, -0.25) is 4.79 Å². The second-order valence-corrected chi connectivity index (χ2v) is 7.81. The normalized spacial score (nSPS) is 11.8. The van der Waals surface area contributed by atoms with Gasteiger partial charge in [0.25, 0.3) is 5.91 Å². The number of carbonyl (C=O) groups excluding carboxylic acids is 1. The predicted molar refractivity (Wildman–Crippen MR) is 109 cm³/mol. The van der Waals surface area contributed by atoms with Crippen LogP contribution in [0.1, 0.15) is 10.4 Å². The first-order valence-corrected chi connectivity index (χ1v) is 9.61. The van der Waals surface area contributed by atoms with Crippen molar-refractivity contribution in [3.8, 4) is 11.1 Å². The number of nitrogens with two attached hydrogens (primary N) is 1. The van der Waals surface area contributed by atoms with Crippen molar-refractivity contribution in [2.24, 2.45) is 7.05 Å². The number of hydrogen-bond donors (Lipinski definition) is 2. The second-order valence-electron chi connectivity index (χ2n) is 5.93. The summed E-state index contributed by atoms with van der Waals surface area (Å²) in [6.07, 6.45) is -3.02. The van der Waals surface area contributed by atoms with Crippen LogP contribution in [0.4, 0.5) is 23.4 Å². The highest BCUT2D eigenvalue weighted by Gasteiger charge is 2.28. The summed E-state index contributed by atoms with van der Waals surface area (Å²) in [6.45, 7) is -1.54. The van der Waals surface area contributed by atoms with Gasteiger partial charge in [-0.1, -0.05) is 6.07 Å². The molecule has 11 heteroatoms. The van der Waals surface area contributed by atoms with Gasteiger partial charge >= 0.3 is 6.18 Å². The first-order chi connectivity index (χ1) is 13.0. The molecule has 0 saturated carbocycles. The molecule has 3 N–H and O–H groups in total. The van der Waals surface area contributed by atoms with Gasteiger partial charge in [-0.05, 0) is 56.2 Å². The highest BCUT2D eigenvalue weighted by molar-refractivity contribution is 14.1. The summed E-state index contributed by atoms with van der Waals surface area (Å²) in [7, 11) is 1.81. The molecule has 0 fully saturated rings. The van der Waals surface area contributed by atoms with Crippen molar-refractivity contribution >= 4 is 61.1 Å². The van der Waals surface area contributed by atoms with Gasteiger partial charge in [-0.25, -0.2) is 9.37 Å². The molecule has 0 aliphatic carbocycles. The maximum atomic E-state index is 14.5. The number of halogens is 6. The SMILES string of the molecule is Cn1c(I)c(-c2ccc(C(=O)NCC(F)(F)F)c(F)c2)c2c(N)ncc(Br)c21. The molecule has 1 amide bonds. The topological polar surface area (TPSA) is 72.9 Å². The van der Waals surface area contributed by atoms with E-state index in [-0.39, 0.29) is 5.82 Å². The first-order valence-electron chi connectivity index (χ1n) is 7.74. The lowest BCUT2D eigenvalue weighted by atomic mass is 10.0. The summed E-state index contributed by atoms with van der Waals surface area (Å²) >= 11 is 5.50. The highest BCUT2D eigenvalue weighted by Crippen LogP contribution is 2.40. The molecule has 0 spiro atoms. The summed E-state index contributed by atoms with van der Waals surface area (Å²) in [4.78, 5) is 16.0. The number of nitrogens with zero attached hydrogens (tertiary/aromatic N) is 2. The number of fused-ring (bicyclic) bond motifs is 1. The van der Waals surface area contributed by atoms with Crippen molar-refractivity contribution in [2.45, 2.75) is 6.18 Å². The quantitative estimate of drug-likeness (QED) is 0.356. The van der Waals surface area contributed by atoms with Gasteiger partial charge in [0.05, 0.1) is 24.6 Å². The van der Waals surface area contributed by atoms with Crippen LogP contribution in [0.3, 0.4) is 0 Å². The average Bonchev–Trinajstić information content (AvgIpc) is 2.88. The van der Waals surface area contributed by atoms with Crippen molar-refractivity contribution < 1.29 is 22.4 Å². The van der Waals surface area contributed by atoms with Crippen molar-refractivity contribution in [1.82, 2.24) is 14.9 Å². The fourth-order valence-electron chi connectivity index (χ4n) is 2.83. The maximum absolute atomic E-state index is 14.5. The molecule has 5 nitrogen and oxygen atoms in total. The predicted octanol–water partition coefficient (Wildman–Crippen LogP) is 4.62. The molecule has 3 rings (SSSR count). The number of alkyl halides is 3. The minimum atomic E-state index is -4.58. The third-order valence-electron chi connectivity index (χ3n) is 4.07. The van der Waals surface area contributed by atoms with Crippen LogP contribution < -0.4 is 11.1 Å². The number of amides is 1. The first kappa shape index (κ1) is 20.8. The van der Waals surface area contributed by atoms with Gasteiger partial charge in [0.1, 0.15) is 18.2 Å². The van der Waals surface area contributed by atoms with Gasteiger partial charge in [0.15, 0.2) is 0 Å². The summed E-state index contributed by atoms with van der Waals surface area (Å²) in [5, 5.41) is 2.26. The Hall–Kier alpha value is -1.89. The van der Waals surface area contributed by atoms with Crippen molar-refractivity contribution in [3.05, 3.63) is 43.9 Å². The molecule has 2 aromatic heterocycles. The van der Waals surface area contributed by atoms with Crippen LogP contribution in [-0.4, -0.2) is 28.2 Å². The van der Waals surface area contributed by atoms with Crippen molar-refractivity contribution in [1.29, 1.82) is 0 Å². The van der Waals surface area contributed by atoms with Gasteiger partial charge in [-0.2, -0.15) is 13.2 Å². The summed E-state index contributed by atoms with van der Waals surface area (Å²) < 4.78 is 54.6. The second kappa shape index (κ2) is 7.50. The van der Waals surface area contributed by atoms with E-state index in [9.17, 15) is 22.4 Å². The lowest BCUT2D eigenvalue weighted by Crippen LogP contribution is -2.34. The number of pyridine rings is 1. The van der Waals surface area contributed by atoms with E-state index in [1.165, 1.54) is 6.07 Å². The molecule has 2 heterocycles. The van der Waals surface area contributed by atoms with Crippen LogP contribution in [-0.2, 0) is 7.05 Å². The Bertz CT molecular complexity index is 1100. The number of nitrogen functional groups attached to an aromatic ring is 1. The number of carbonyl (C=O) groups is 1. The molecule has 0 saturated heterocycles. The average molecular weight is 571 g/mol. The third-order valence-corrected chi connectivity index (χ3v) is 5.92. The van der Waals surface area contributed by atoms with E-state index in [1.807, 2.05) is 11.6 Å². The van der Waals surface area contributed by atoms with E-state index in [4.69, 9.17) is 5.73 Å². The Morgan fingerprint density at radius 3 is 2.68 bits per heavy atom. The molecular formula is C17H12BrF4IN4O. The smallest absolute Gasteiger partial charge is 0.383 e. The van der Waals surface area contributed by atoms with E-state index in [0.717, 1.165) is 21.4 Å². The van der Waals surface area contributed by atoms with Crippen LogP contribution in [0.2, 0.25) is 0 Å². The number of rotatable bonds is 3. The molecule has 3 aromatic rings. The number of hydrogen-bond acceptors (Lipinski definition) is 3. The molecule has 28 heavy (non-hydrogen) atoms. The molecule has 0 radical (unpaired) electrons. The summed E-state index contributed by atoms with van der Waals surface area (Å²) in [6, 6.07) is 3.70. The number of nitrogens with one attached hydrogen (secondary N) is 1. The number of benzene rings is 1. The Labute approximate surface area is 178 Å². The molecular weight excluding hydrogens is 559 g/mol. The Morgan fingerprint density at radius 1 is 1.39 bits per heavy atom. The Morgan fingerprint density at radius 2 is 2.07 bits per heavy atom. The van der Waals surface area contributed by atoms with Crippen molar-refractivity contribution in [3.63, 3.8) is 0 Å². The molecule has 0 aliphatic heterocycles. The van der Waals surface area contributed by atoms with E-state index in [0.29, 0.717) is 21.0 Å². The fourth-order valence-corrected chi connectivity index (χ4v) is 4.22. The lowest BCUT2D eigenvalue weighted by molar-refractivity contribution is -0.123. The molecule has 0 atom stereocenters. The molecule has 0 bridgehead atoms. The van der Waals surface area contributed by atoms with Crippen LogP contribution in [0.5, 0.6) is 0 Å². The number of aromatic nitrogens is 2. The number of aryl methyl sites for hydroxylation is 1. The largest absolute Gasteiger partial charge is 0.405 e. The molecule has 0 unspecified atom stereocenters. The van der Waals surface area contributed by atoms with Crippen LogP contribution >= 0.6 is 38.5 Å². The van der Waals surface area contributed by atoms with E-state index in [2.05, 4.69) is 43.5 Å². The minimum Gasteiger partial charge on any atom is -0.383 e. The molecule has 1 aromatic carbocycles. The monoisotopic (exact) mass is 570 g/mol. The van der Waals surface area contributed by atoms with Crippen molar-refractivity contribution in [2.75, 3.05) is 12.3 Å². The lowest BCUT2D eigenvalue weighted by Gasteiger charge is -2.10. The zero-order valence-electron chi connectivity index (χ0n) is 14.2. The van der Waals surface area contributed by atoms with E-state index >= 15 is 0 Å². The summed E-state index contributed by atoms with van der Waals surface area (Å²) in [5.74, 6) is -1.83. The van der Waals surface area contributed by atoms with E-state index < -0.39 is 30.0 Å². The standard InChI is InChI=1S/C17H12BrF4IN4O/c1-27-13-9(18)5-25-15(24)12(13)11(14(27)23)7-2-3-8(10(19)4-7)16(28)26-6-17(20,21)22/h2-5H,6H2,1H3,(H2,24,25)(H,26,28). The third kappa shape index (κ3) is 3.81. The zero-order chi connectivity index (χ0) is 20.8. The number of anilines is 1. The van der Waals surface area contributed by atoms with Gasteiger partial charge in [0.2, 0.25) is 0 Å². The van der Waals surface area contributed by atoms with Crippen LogP contribution in [0.15, 0.2) is 28.9 Å². The molecule has 148 valence electrons. The Balaban J connectivity index is 2.07. The van der Waals surface area contributed by atoms with Gasteiger partial charge in [-0.15, -0.1) is 0 Å². The fraction of sp³-hybridized carbons (Fsp3) is 0.176. The maximum Gasteiger partial charge on any atom is 0.405 e.